The first-order valence-electron chi connectivity index (χ1n) is 5.38. The van der Waals surface area contributed by atoms with Gasteiger partial charge in [0.2, 0.25) is 0 Å². The minimum Gasteiger partial charge on any atom is -0.193 e. The first kappa shape index (κ1) is 20.5. The van der Waals surface area contributed by atoms with Crippen LogP contribution < -0.4 is 0 Å². The number of hydrogen-bond acceptors (Lipinski definition) is 2. The normalized spacial score (nSPS) is 14.4. The predicted molar refractivity (Wildman–Crippen MR) is 67.7 cm³/mol. The van der Waals surface area contributed by atoms with Gasteiger partial charge >= 0.3 is 0 Å². The molecule has 0 aromatic heterocycles. The smallest absolute Gasteiger partial charge is 0.193 e. The minimum absolute atomic E-state index is 0.0648. The largest absolute Gasteiger partial charge is 0.278 e. The summed E-state index contributed by atoms with van der Waals surface area (Å²) in [6, 6.07) is 0. The van der Waals surface area contributed by atoms with Crippen LogP contribution in [0.3, 0.4) is 0 Å². The van der Waals surface area contributed by atoms with Gasteiger partial charge in [0.05, 0.1) is 0 Å². The molecular weight excluding hydrogens is 302 g/mol. The quantitative estimate of drug-likeness (QED) is 0.604. The topological polar surface area (TPSA) is 6.48 Å². The lowest BCUT2D eigenvalue weighted by Crippen LogP contribution is -2.19. The molecule has 0 spiro atoms. The van der Waals surface area contributed by atoms with Gasteiger partial charge in [0.1, 0.15) is 0 Å². The maximum Gasteiger partial charge on any atom is 0.278 e. The second-order valence-corrected chi connectivity index (χ2v) is 5.55. The van der Waals surface area contributed by atoms with Crippen molar-refractivity contribution < 1.29 is 23.3 Å². The molecule has 0 aromatic carbocycles. The Kier molecular flexibility index (Phi) is 10.4. The van der Waals surface area contributed by atoms with Crippen LogP contribution in [0.5, 0.6) is 0 Å². The van der Waals surface area contributed by atoms with Crippen LogP contribution >= 0.6 is 22.7 Å². The van der Waals surface area contributed by atoms with Gasteiger partial charge in [-0.3, -0.25) is 0 Å². The Labute approximate surface area is 109 Å². The van der Waals surface area contributed by atoms with E-state index in [0.29, 0.717) is 8.61 Å². The van der Waals surface area contributed by atoms with Crippen molar-refractivity contribution in [3.8, 4) is 0 Å². The molecule has 0 atom stereocenters. The van der Waals surface area contributed by atoms with E-state index < -0.39 is 22.7 Å². The lowest BCUT2D eigenvalue weighted by atomic mass is 10.7. The molecule has 0 unspecified atom stereocenters. The second kappa shape index (κ2) is 9.16. The van der Waals surface area contributed by atoms with Gasteiger partial charge in [0.25, 0.3) is 22.7 Å². The van der Waals surface area contributed by atoms with Crippen molar-refractivity contribution in [1.82, 2.24) is 8.61 Å². The summed E-state index contributed by atoms with van der Waals surface area (Å²) in [6.07, 6.45) is 0. The Bertz CT molecular complexity index is 179. The molecule has 0 heterocycles. The summed E-state index contributed by atoms with van der Waals surface area (Å²) < 4.78 is 71.4. The summed E-state index contributed by atoms with van der Waals surface area (Å²) in [6.45, 7) is 6.28. The molecule has 0 aliphatic carbocycles. The summed E-state index contributed by atoms with van der Waals surface area (Å²) in [4.78, 5) is 0. The molecule has 2 nitrogen and oxygen atoms in total. The summed E-state index contributed by atoms with van der Waals surface area (Å²) in [5.41, 5.74) is 0. The highest BCUT2D eigenvalue weighted by atomic mass is 32.3. The first-order chi connectivity index (χ1) is 8.04. The first-order valence-corrected chi connectivity index (χ1v) is 7.97. The average Bonchev–Trinajstić information content (AvgIpc) is 2.17. The summed E-state index contributed by atoms with van der Waals surface area (Å²) in [7, 11) is 0. The average molecular weight is 322 g/mol. The SMILES string of the molecule is CCN(CC)S(F)(F)F.CCN(CC)S(F)(F)F. The summed E-state index contributed by atoms with van der Waals surface area (Å²) in [5.74, 6) is 0. The molecule has 116 valence electrons. The van der Waals surface area contributed by atoms with Crippen LogP contribution in [0.2, 0.25) is 0 Å². The highest BCUT2D eigenvalue weighted by molar-refractivity contribution is 8.19. The van der Waals surface area contributed by atoms with Crippen molar-refractivity contribution in [1.29, 1.82) is 0 Å². The van der Waals surface area contributed by atoms with Gasteiger partial charge in [-0.2, -0.15) is 8.61 Å². The Balaban J connectivity index is 0. The Morgan fingerprint density at radius 1 is 0.556 bits per heavy atom. The van der Waals surface area contributed by atoms with E-state index in [9.17, 15) is 23.3 Å². The van der Waals surface area contributed by atoms with Crippen LogP contribution in [0.15, 0.2) is 0 Å². The number of nitrogens with zero attached hydrogens (tertiary/aromatic N) is 2. The standard InChI is InChI=1S/2C4H10F3NS/c2*1-3-8(4-2)9(5,6)7/h2*3-4H2,1-2H3. The fourth-order valence-electron chi connectivity index (χ4n) is 1.03. The van der Waals surface area contributed by atoms with Gasteiger partial charge in [0, 0.05) is 26.2 Å². The van der Waals surface area contributed by atoms with Gasteiger partial charge in [-0.15, -0.1) is 23.3 Å². The fraction of sp³-hybridized carbons (Fsp3) is 1.00. The fourth-order valence-corrected chi connectivity index (χ4v) is 2.20. The van der Waals surface area contributed by atoms with Crippen molar-refractivity contribution >= 4 is 22.7 Å². The maximum absolute atomic E-state index is 11.7. The molecular formula is C8H20F6N2S2. The monoisotopic (exact) mass is 322 g/mol. The van der Waals surface area contributed by atoms with E-state index in [0.717, 1.165) is 0 Å². The molecule has 0 aliphatic rings. The number of rotatable bonds is 6. The number of hydrogen-bond donors (Lipinski definition) is 0. The Morgan fingerprint density at radius 2 is 0.722 bits per heavy atom. The van der Waals surface area contributed by atoms with Gasteiger partial charge in [-0.1, -0.05) is 27.7 Å². The van der Waals surface area contributed by atoms with Crippen molar-refractivity contribution in [3.05, 3.63) is 0 Å². The van der Waals surface area contributed by atoms with Crippen LogP contribution in [0.4, 0.5) is 23.3 Å². The lowest BCUT2D eigenvalue weighted by Gasteiger charge is -2.23. The van der Waals surface area contributed by atoms with Crippen molar-refractivity contribution in [2.24, 2.45) is 0 Å². The zero-order chi connectivity index (χ0) is 15.0. The van der Waals surface area contributed by atoms with Crippen molar-refractivity contribution in [3.63, 3.8) is 0 Å². The molecule has 10 heteroatoms. The maximum atomic E-state index is 11.7. The third-order valence-corrected chi connectivity index (χ3v) is 4.20. The van der Waals surface area contributed by atoms with Crippen LogP contribution in [0, 0.1) is 0 Å². The zero-order valence-electron chi connectivity index (χ0n) is 10.8. The molecule has 0 saturated carbocycles. The van der Waals surface area contributed by atoms with Crippen LogP contribution in [-0.4, -0.2) is 34.8 Å². The molecule has 0 N–H and O–H groups in total. The van der Waals surface area contributed by atoms with E-state index in [2.05, 4.69) is 0 Å². The van der Waals surface area contributed by atoms with E-state index in [4.69, 9.17) is 0 Å². The minimum atomic E-state index is -4.93. The highest BCUT2D eigenvalue weighted by Gasteiger charge is 2.28. The summed E-state index contributed by atoms with van der Waals surface area (Å²) in [5, 5.41) is 0. The molecule has 18 heavy (non-hydrogen) atoms. The molecule has 0 amide bonds. The van der Waals surface area contributed by atoms with E-state index >= 15 is 0 Å². The van der Waals surface area contributed by atoms with Crippen LogP contribution in [0.25, 0.3) is 0 Å². The van der Waals surface area contributed by atoms with E-state index in [1.165, 1.54) is 27.7 Å². The van der Waals surface area contributed by atoms with E-state index in [-0.39, 0.29) is 26.2 Å². The van der Waals surface area contributed by atoms with Gasteiger partial charge in [-0.25, -0.2) is 0 Å². The predicted octanol–water partition coefficient (Wildman–Crippen LogP) is 5.40. The Hall–Kier alpha value is 0.200. The van der Waals surface area contributed by atoms with Crippen LogP contribution in [0.1, 0.15) is 27.7 Å². The van der Waals surface area contributed by atoms with E-state index in [1.807, 2.05) is 0 Å². The molecule has 0 fully saturated rings. The van der Waals surface area contributed by atoms with Crippen molar-refractivity contribution in [2.45, 2.75) is 27.7 Å². The molecule has 0 saturated heterocycles. The van der Waals surface area contributed by atoms with Gasteiger partial charge in [-0.05, 0) is 0 Å². The molecule has 0 bridgehead atoms. The van der Waals surface area contributed by atoms with Gasteiger partial charge in [0.15, 0.2) is 0 Å². The molecule has 0 aromatic rings. The molecule has 0 aliphatic heterocycles. The third kappa shape index (κ3) is 9.17. The van der Waals surface area contributed by atoms with Gasteiger partial charge < -0.3 is 0 Å². The van der Waals surface area contributed by atoms with Crippen molar-refractivity contribution in [2.75, 3.05) is 26.2 Å². The Morgan fingerprint density at radius 3 is 0.722 bits per heavy atom. The number of halogens is 6. The molecule has 0 rings (SSSR count). The summed E-state index contributed by atoms with van der Waals surface area (Å²) >= 11 is -9.86. The van der Waals surface area contributed by atoms with Crippen LogP contribution in [-0.2, 0) is 0 Å². The molecule has 0 radical (unpaired) electrons. The highest BCUT2D eigenvalue weighted by Crippen LogP contribution is 2.56. The third-order valence-electron chi connectivity index (χ3n) is 2.00. The zero-order valence-corrected chi connectivity index (χ0v) is 12.4. The lowest BCUT2D eigenvalue weighted by molar-refractivity contribution is 0.415. The van der Waals surface area contributed by atoms with E-state index in [1.54, 1.807) is 0 Å². The second-order valence-electron chi connectivity index (χ2n) is 2.99.